The molecule has 6 heteroatoms. The van der Waals surface area contributed by atoms with E-state index in [1.807, 2.05) is 11.4 Å². The fourth-order valence-electron chi connectivity index (χ4n) is 1.70. The number of methoxy groups -OCH3 is 1. The van der Waals surface area contributed by atoms with Gasteiger partial charge in [0, 0.05) is 11.4 Å². The number of aromatic carboxylic acids is 1. The molecule has 0 bridgehead atoms. The van der Waals surface area contributed by atoms with Crippen molar-refractivity contribution in [2.45, 2.75) is 0 Å². The predicted molar refractivity (Wildman–Crippen MR) is 70.8 cm³/mol. The Morgan fingerprint density at radius 3 is 2.95 bits per heavy atom. The Morgan fingerprint density at radius 2 is 2.26 bits per heavy atom. The maximum Gasteiger partial charge on any atom is 0.335 e. The number of oxazole rings is 1. The minimum absolute atomic E-state index is 0.191. The summed E-state index contributed by atoms with van der Waals surface area (Å²) >= 11 is 1.46. The number of carbonyl (C=O) groups is 1. The number of thiophene rings is 1. The lowest BCUT2D eigenvalue weighted by Gasteiger charge is -1.91. The summed E-state index contributed by atoms with van der Waals surface area (Å²) in [5, 5.41) is 10.8. The summed E-state index contributed by atoms with van der Waals surface area (Å²) in [6.45, 7) is 0. The summed E-state index contributed by atoms with van der Waals surface area (Å²) in [5.41, 5.74) is 1.28. The SMILES string of the molecule is COc1csc(-c2nc3cc(C(=O)O)ccc3o2)c1. The van der Waals surface area contributed by atoms with Crippen LogP contribution in [0.15, 0.2) is 34.1 Å². The van der Waals surface area contributed by atoms with Crippen molar-refractivity contribution < 1.29 is 19.1 Å². The van der Waals surface area contributed by atoms with Crippen molar-refractivity contribution >= 4 is 28.4 Å². The van der Waals surface area contributed by atoms with E-state index >= 15 is 0 Å². The third kappa shape index (κ3) is 2.06. The van der Waals surface area contributed by atoms with Crippen molar-refractivity contribution in [1.82, 2.24) is 4.98 Å². The molecule has 19 heavy (non-hydrogen) atoms. The minimum Gasteiger partial charge on any atom is -0.496 e. The van der Waals surface area contributed by atoms with E-state index < -0.39 is 5.97 Å². The molecule has 0 amide bonds. The number of aromatic nitrogens is 1. The van der Waals surface area contributed by atoms with E-state index in [1.165, 1.54) is 23.5 Å². The van der Waals surface area contributed by atoms with E-state index in [1.54, 1.807) is 13.2 Å². The number of ether oxygens (including phenoxy) is 1. The van der Waals surface area contributed by atoms with Gasteiger partial charge in [0.25, 0.3) is 0 Å². The number of nitrogens with zero attached hydrogens (tertiary/aromatic N) is 1. The van der Waals surface area contributed by atoms with E-state index in [0.29, 0.717) is 17.0 Å². The van der Waals surface area contributed by atoms with E-state index in [2.05, 4.69) is 4.98 Å². The Morgan fingerprint density at radius 1 is 1.42 bits per heavy atom. The first-order chi connectivity index (χ1) is 9.17. The second-order valence-corrected chi connectivity index (χ2v) is 4.77. The van der Waals surface area contributed by atoms with E-state index in [0.717, 1.165) is 10.6 Å². The lowest BCUT2D eigenvalue weighted by Crippen LogP contribution is -1.94. The zero-order chi connectivity index (χ0) is 13.4. The molecule has 0 aliphatic rings. The van der Waals surface area contributed by atoms with Crippen LogP contribution in [0.3, 0.4) is 0 Å². The molecule has 0 radical (unpaired) electrons. The summed E-state index contributed by atoms with van der Waals surface area (Å²) in [6, 6.07) is 6.43. The molecule has 0 aliphatic carbocycles. The smallest absolute Gasteiger partial charge is 0.335 e. The summed E-state index contributed by atoms with van der Waals surface area (Å²) < 4.78 is 10.7. The maximum atomic E-state index is 10.9. The lowest BCUT2D eigenvalue weighted by molar-refractivity contribution is 0.0697. The molecule has 3 rings (SSSR count). The molecule has 1 aromatic carbocycles. The largest absolute Gasteiger partial charge is 0.496 e. The van der Waals surface area contributed by atoms with Crippen LogP contribution in [0.5, 0.6) is 5.75 Å². The van der Waals surface area contributed by atoms with Gasteiger partial charge in [-0.15, -0.1) is 11.3 Å². The molecule has 0 saturated heterocycles. The highest BCUT2D eigenvalue weighted by Crippen LogP contribution is 2.32. The number of hydrogen-bond donors (Lipinski definition) is 1. The van der Waals surface area contributed by atoms with Gasteiger partial charge in [0.05, 0.1) is 17.6 Å². The summed E-state index contributed by atoms with van der Waals surface area (Å²) in [7, 11) is 1.59. The molecule has 0 aliphatic heterocycles. The normalized spacial score (nSPS) is 10.8. The van der Waals surface area contributed by atoms with Gasteiger partial charge in [0.15, 0.2) is 5.58 Å². The van der Waals surface area contributed by atoms with Crippen molar-refractivity contribution in [2.75, 3.05) is 7.11 Å². The van der Waals surface area contributed by atoms with Crippen LogP contribution in [0.1, 0.15) is 10.4 Å². The molecule has 2 heterocycles. The van der Waals surface area contributed by atoms with Gasteiger partial charge in [-0.2, -0.15) is 0 Å². The molecule has 0 fully saturated rings. The second kappa shape index (κ2) is 4.40. The van der Waals surface area contributed by atoms with E-state index in [-0.39, 0.29) is 5.56 Å². The quantitative estimate of drug-likeness (QED) is 0.794. The van der Waals surface area contributed by atoms with Gasteiger partial charge in [0.2, 0.25) is 5.89 Å². The number of carboxylic acids is 1. The van der Waals surface area contributed by atoms with Gasteiger partial charge in [-0.3, -0.25) is 0 Å². The van der Waals surface area contributed by atoms with Crippen LogP contribution in [0.4, 0.5) is 0 Å². The molecule has 3 aromatic rings. The summed E-state index contributed by atoms with van der Waals surface area (Å²) in [4.78, 5) is 16.0. The highest BCUT2D eigenvalue weighted by Gasteiger charge is 2.13. The number of hydrogen-bond acceptors (Lipinski definition) is 5. The fourth-order valence-corrected chi connectivity index (χ4v) is 2.48. The molecule has 2 aromatic heterocycles. The van der Waals surface area contributed by atoms with Crippen molar-refractivity contribution in [1.29, 1.82) is 0 Å². The highest BCUT2D eigenvalue weighted by atomic mass is 32.1. The monoisotopic (exact) mass is 275 g/mol. The van der Waals surface area contributed by atoms with Gasteiger partial charge in [-0.25, -0.2) is 9.78 Å². The number of fused-ring (bicyclic) bond motifs is 1. The molecule has 0 spiro atoms. The van der Waals surface area contributed by atoms with Crippen molar-refractivity contribution in [2.24, 2.45) is 0 Å². The predicted octanol–water partition coefficient (Wildman–Crippen LogP) is 3.26. The molecular formula is C13H9NO4S. The molecule has 96 valence electrons. The topological polar surface area (TPSA) is 72.6 Å². The Labute approximate surface area is 112 Å². The highest BCUT2D eigenvalue weighted by molar-refractivity contribution is 7.13. The summed E-state index contributed by atoms with van der Waals surface area (Å²) in [6.07, 6.45) is 0. The average molecular weight is 275 g/mol. The van der Waals surface area contributed by atoms with Crippen LogP contribution in [0.25, 0.3) is 21.9 Å². The van der Waals surface area contributed by atoms with Crippen LogP contribution in [0, 0.1) is 0 Å². The molecule has 0 atom stereocenters. The van der Waals surface area contributed by atoms with Crippen molar-refractivity contribution in [3.05, 3.63) is 35.2 Å². The van der Waals surface area contributed by atoms with Crippen LogP contribution in [0.2, 0.25) is 0 Å². The maximum absolute atomic E-state index is 10.9. The molecular weight excluding hydrogens is 266 g/mol. The van der Waals surface area contributed by atoms with Gasteiger partial charge >= 0.3 is 5.97 Å². The zero-order valence-electron chi connectivity index (χ0n) is 9.91. The van der Waals surface area contributed by atoms with Gasteiger partial charge in [-0.1, -0.05) is 0 Å². The van der Waals surface area contributed by atoms with Crippen LogP contribution in [-0.4, -0.2) is 23.2 Å². The van der Waals surface area contributed by atoms with Gasteiger partial charge in [-0.05, 0) is 18.2 Å². The number of rotatable bonds is 3. The molecule has 1 N–H and O–H groups in total. The Kier molecular flexibility index (Phi) is 2.72. The second-order valence-electron chi connectivity index (χ2n) is 3.86. The average Bonchev–Trinajstić information content (AvgIpc) is 3.03. The van der Waals surface area contributed by atoms with Crippen LogP contribution in [-0.2, 0) is 0 Å². The first-order valence-corrected chi connectivity index (χ1v) is 6.32. The van der Waals surface area contributed by atoms with E-state index in [4.69, 9.17) is 14.3 Å². The lowest BCUT2D eigenvalue weighted by atomic mass is 10.2. The van der Waals surface area contributed by atoms with Crippen LogP contribution >= 0.6 is 11.3 Å². The Balaban J connectivity index is 2.08. The third-order valence-corrected chi connectivity index (χ3v) is 3.55. The third-order valence-electron chi connectivity index (χ3n) is 2.66. The van der Waals surface area contributed by atoms with Gasteiger partial charge in [0.1, 0.15) is 11.3 Å². The van der Waals surface area contributed by atoms with Crippen molar-refractivity contribution in [3.63, 3.8) is 0 Å². The fraction of sp³-hybridized carbons (Fsp3) is 0.0769. The van der Waals surface area contributed by atoms with Crippen molar-refractivity contribution in [3.8, 4) is 16.5 Å². The van der Waals surface area contributed by atoms with E-state index in [9.17, 15) is 4.79 Å². The number of benzene rings is 1. The molecule has 5 nitrogen and oxygen atoms in total. The zero-order valence-corrected chi connectivity index (χ0v) is 10.7. The van der Waals surface area contributed by atoms with Gasteiger partial charge < -0.3 is 14.3 Å². The first-order valence-electron chi connectivity index (χ1n) is 5.44. The Bertz CT molecular complexity index is 759. The molecule has 0 saturated carbocycles. The van der Waals surface area contributed by atoms with Crippen LogP contribution < -0.4 is 4.74 Å². The minimum atomic E-state index is -0.982. The standard InChI is InChI=1S/C13H9NO4S/c1-17-8-5-11(19-6-8)12-14-9-4-7(13(15)16)2-3-10(9)18-12/h2-6H,1H3,(H,15,16). The first kappa shape index (κ1) is 11.7. The molecule has 0 unspecified atom stereocenters. The number of carboxylic acid groups (broad SMARTS) is 1. The Hall–Kier alpha value is -2.34. The summed E-state index contributed by atoms with van der Waals surface area (Å²) in [5.74, 6) is 0.226.